The molecule has 0 unspecified atom stereocenters. The molecule has 1 rings (SSSR count). The molecule has 0 aliphatic rings. The second-order valence-corrected chi connectivity index (χ2v) is 4.89. The number of aromatic nitrogens is 1. The highest BCUT2D eigenvalue weighted by Gasteiger charge is 2.18. The lowest BCUT2D eigenvalue weighted by Crippen LogP contribution is -2.36. The van der Waals surface area contributed by atoms with Crippen molar-refractivity contribution in [2.45, 2.75) is 32.7 Å². The average Bonchev–Trinajstić information content (AvgIpc) is 2.30. The summed E-state index contributed by atoms with van der Waals surface area (Å²) < 4.78 is 1.03. The Balaban J connectivity index is 2.97. The minimum absolute atomic E-state index is 0.505. The lowest BCUT2D eigenvalue weighted by molar-refractivity contribution is 0.562. The largest absolute Gasteiger partial charge is 0.352 e. The van der Waals surface area contributed by atoms with Crippen LogP contribution in [0.1, 0.15) is 26.7 Å². The van der Waals surface area contributed by atoms with Gasteiger partial charge in [0, 0.05) is 24.7 Å². The van der Waals surface area contributed by atoms with E-state index in [4.69, 9.17) is 11.6 Å². The van der Waals surface area contributed by atoms with Gasteiger partial charge < -0.3 is 4.90 Å². The lowest BCUT2D eigenvalue weighted by Gasteiger charge is -2.31. The van der Waals surface area contributed by atoms with Crippen molar-refractivity contribution < 1.29 is 0 Å². The van der Waals surface area contributed by atoms with Crippen LogP contribution < -0.4 is 4.90 Å². The van der Waals surface area contributed by atoms with Crippen molar-refractivity contribution >= 4 is 33.3 Å². The van der Waals surface area contributed by atoms with Gasteiger partial charge in [-0.2, -0.15) is 0 Å². The number of hydrogen-bond donors (Lipinski definition) is 0. The molecular weight excluding hydrogens is 288 g/mol. The molecule has 0 amide bonds. The van der Waals surface area contributed by atoms with Gasteiger partial charge >= 0.3 is 0 Å². The van der Waals surface area contributed by atoms with Crippen molar-refractivity contribution in [1.82, 2.24) is 4.98 Å². The Labute approximate surface area is 111 Å². The van der Waals surface area contributed by atoms with Crippen LogP contribution in [0.2, 0.25) is 0 Å². The molecule has 0 spiro atoms. The Bertz CT molecular complexity index is 316. The summed E-state index contributed by atoms with van der Waals surface area (Å²) in [6.07, 6.45) is 4.04. The number of halogens is 2. The molecule has 0 bridgehead atoms. The van der Waals surface area contributed by atoms with Crippen LogP contribution in [0.4, 0.5) is 5.82 Å². The highest BCUT2D eigenvalue weighted by atomic mass is 79.9. The average molecular weight is 306 g/mol. The summed E-state index contributed by atoms with van der Waals surface area (Å²) >= 11 is 9.42. The van der Waals surface area contributed by atoms with Gasteiger partial charge in [-0.3, -0.25) is 0 Å². The van der Waals surface area contributed by atoms with Crippen LogP contribution in [0.25, 0.3) is 0 Å². The third-order valence-electron chi connectivity index (χ3n) is 2.72. The van der Waals surface area contributed by atoms with Crippen LogP contribution in [0, 0.1) is 0 Å². The molecule has 1 heterocycles. The van der Waals surface area contributed by atoms with Crippen molar-refractivity contribution in [1.29, 1.82) is 0 Å². The van der Waals surface area contributed by atoms with Crippen LogP contribution in [0.5, 0.6) is 0 Å². The molecule has 0 N–H and O–H groups in total. The Hall–Kier alpha value is -0.280. The van der Waals surface area contributed by atoms with Gasteiger partial charge in [-0.15, -0.1) is 11.6 Å². The molecule has 16 heavy (non-hydrogen) atoms. The molecule has 1 aromatic rings. The SMILES string of the molecule is CCC(CC)N(CCCl)c1ncccc1Br. The fourth-order valence-electron chi connectivity index (χ4n) is 1.87. The van der Waals surface area contributed by atoms with Gasteiger partial charge in [-0.05, 0) is 40.9 Å². The Kier molecular flexibility index (Phi) is 6.14. The molecule has 2 nitrogen and oxygen atoms in total. The van der Waals surface area contributed by atoms with Crippen molar-refractivity contribution in [2.75, 3.05) is 17.3 Å². The zero-order chi connectivity index (χ0) is 12.0. The molecule has 0 saturated heterocycles. The van der Waals surface area contributed by atoms with Gasteiger partial charge in [0.25, 0.3) is 0 Å². The number of rotatable bonds is 6. The second kappa shape index (κ2) is 7.13. The maximum atomic E-state index is 5.87. The number of nitrogens with zero attached hydrogens (tertiary/aromatic N) is 2. The summed E-state index contributed by atoms with van der Waals surface area (Å²) in [5.41, 5.74) is 0. The Morgan fingerprint density at radius 2 is 2.12 bits per heavy atom. The van der Waals surface area contributed by atoms with Gasteiger partial charge in [0.15, 0.2) is 0 Å². The minimum atomic E-state index is 0.505. The smallest absolute Gasteiger partial charge is 0.143 e. The molecule has 0 saturated carbocycles. The first-order valence-electron chi connectivity index (χ1n) is 5.67. The topological polar surface area (TPSA) is 16.1 Å². The highest BCUT2D eigenvalue weighted by molar-refractivity contribution is 9.10. The van der Waals surface area contributed by atoms with Crippen molar-refractivity contribution in [2.24, 2.45) is 0 Å². The van der Waals surface area contributed by atoms with E-state index in [9.17, 15) is 0 Å². The van der Waals surface area contributed by atoms with Gasteiger partial charge in [0.2, 0.25) is 0 Å². The molecule has 0 atom stereocenters. The van der Waals surface area contributed by atoms with Crippen molar-refractivity contribution in [3.63, 3.8) is 0 Å². The van der Waals surface area contributed by atoms with E-state index >= 15 is 0 Å². The maximum absolute atomic E-state index is 5.87. The van der Waals surface area contributed by atoms with E-state index in [0.29, 0.717) is 11.9 Å². The van der Waals surface area contributed by atoms with Crippen LogP contribution in [-0.4, -0.2) is 23.5 Å². The first-order chi connectivity index (χ1) is 7.74. The first-order valence-corrected chi connectivity index (χ1v) is 7.00. The van der Waals surface area contributed by atoms with E-state index in [2.05, 4.69) is 39.7 Å². The van der Waals surface area contributed by atoms with Crippen LogP contribution in [-0.2, 0) is 0 Å². The molecular formula is C12H18BrClN2. The van der Waals surface area contributed by atoms with E-state index in [0.717, 1.165) is 29.7 Å². The van der Waals surface area contributed by atoms with E-state index in [1.807, 2.05) is 18.3 Å². The van der Waals surface area contributed by atoms with Crippen LogP contribution in [0.3, 0.4) is 0 Å². The second-order valence-electron chi connectivity index (χ2n) is 3.66. The van der Waals surface area contributed by atoms with Crippen molar-refractivity contribution in [3.8, 4) is 0 Å². The number of anilines is 1. The summed E-state index contributed by atoms with van der Waals surface area (Å²) in [5, 5.41) is 0. The predicted octanol–water partition coefficient (Wildman–Crippen LogP) is 4.08. The minimum Gasteiger partial charge on any atom is -0.352 e. The summed E-state index contributed by atoms with van der Waals surface area (Å²) in [7, 11) is 0. The summed E-state index contributed by atoms with van der Waals surface area (Å²) in [6.45, 7) is 5.24. The van der Waals surface area contributed by atoms with Crippen LogP contribution in [0.15, 0.2) is 22.8 Å². The van der Waals surface area contributed by atoms with Gasteiger partial charge in [-0.1, -0.05) is 13.8 Å². The number of pyridine rings is 1. The lowest BCUT2D eigenvalue weighted by atomic mass is 10.1. The number of alkyl halides is 1. The standard InChI is InChI=1S/C12H18BrClN2/c1-3-10(4-2)16(9-7-14)12-11(13)6-5-8-15-12/h5-6,8,10H,3-4,7,9H2,1-2H3. The molecule has 0 fully saturated rings. The zero-order valence-corrected chi connectivity index (χ0v) is 12.1. The van der Waals surface area contributed by atoms with Crippen LogP contribution >= 0.6 is 27.5 Å². The van der Waals surface area contributed by atoms with Crippen molar-refractivity contribution in [3.05, 3.63) is 22.8 Å². The monoisotopic (exact) mass is 304 g/mol. The van der Waals surface area contributed by atoms with Gasteiger partial charge in [0.1, 0.15) is 5.82 Å². The Morgan fingerprint density at radius 3 is 2.62 bits per heavy atom. The fourth-order valence-corrected chi connectivity index (χ4v) is 2.54. The summed E-state index contributed by atoms with van der Waals surface area (Å²) in [6, 6.07) is 4.45. The molecule has 4 heteroatoms. The molecule has 0 radical (unpaired) electrons. The highest BCUT2D eigenvalue weighted by Crippen LogP contribution is 2.26. The summed E-state index contributed by atoms with van der Waals surface area (Å²) in [5.74, 6) is 1.62. The van der Waals surface area contributed by atoms with E-state index < -0.39 is 0 Å². The van der Waals surface area contributed by atoms with E-state index in [1.54, 1.807) is 0 Å². The number of hydrogen-bond acceptors (Lipinski definition) is 2. The molecule has 0 aliphatic carbocycles. The first kappa shape index (κ1) is 13.8. The molecule has 0 aromatic carbocycles. The normalized spacial score (nSPS) is 10.8. The molecule has 90 valence electrons. The van der Waals surface area contributed by atoms with E-state index in [1.165, 1.54) is 0 Å². The predicted molar refractivity (Wildman–Crippen MR) is 74.4 cm³/mol. The van der Waals surface area contributed by atoms with E-state index in [-0.39, 0.29) is 0 Å². The maximum Gasteiger partial charge on any atom is 0.143 e. The van der Waals surface area contributed by atoms with Gasteiger partial charge in [0.05, 0.1) is 4.47 Å². The third-order valence-corrected chi connectivity index (χ3v) is 3.51. The fraction of sp³-hybridized carbons (Fsp3) is 0.583. The molecule has 1 aromatic heterocycles. The van der Waals surface area contributed by atoms with Gasteiger partial charge in [-0.25, -0.2) is 4.98 Å². The third kappa shape index (κ3) is 3.36. The quantitative estimate of drug-likeness (QED) is 0.736. The Morgan fingerprint density at radius 1 is 1.44 bits per heavy atom. The summed E-state index contributed by atoms with van der Waals surface area (Å²) in [4.78, 5) is 6.72. The zero-order valence-electron chi connectivity index (χ0n) is 9.79. The molecule has 0 aliphatic heterocycles.